The molecule has 4 heterocycles. The first-order valence-corrected chi connectivity index (χ1v) is 16.5. The van der Waals surface area contributed by atoms with Crippen molar-refractivity contribution in [2.24, 2.45) is 5.41 Å². The van der Waals surface area contributed by atoms with E-state index in [1.807, 2.05) is 16.7 Å². The molecule has 0 atom stereocenters. The van der Waals surface area contributed by atoms with E-state index in [0.29, 0.717) is 48.1 Å². The van der Waals surface area contributed by atoms with Crippen LogP contribution in [0.15, 0.2) is 29.2 Å². The predicted octanol–water partition coefficient (Wildman–Crippen LogP) is 5.07. The number of alkyl halides is 10. The number of nitrogens with one attached hydrogen (secondary N) is 1. The number of nitrogens with zero attached hydrogens (tertiary/aromatic N) is 4. The summed E-state index contributed by atoms with van der Waals surface area (Å²) >= 11 is 0. The van der Waals surface area contributed by atoms with Gasteiger partial charge in [-0.15, -0.1) is 0 Å². The van der Waals surface area contributed by atoms with Crippen molar-refractivity contribution in [1.29, 1.82) is 0 Å². The van der Waals surface area contributed by atoms with Gasteiger partial charge in [0.15, 0.2) is 0 Å². The van der Waals surface area contributed by atoms with Crippen LogP contribution < -0.4 is 15.8 Å². The van der Waals surface area contributed by atoms with Gasteiger partial charge in [-0.25, -0.2) is 23.8 Å². The summed E-state index contributed by atoms with van der Waals surface area (Å²) in [5.74, 6) is -7.84. The van der Waals surface area contributed by atoms with Crippen LogP contribution in [-0.2, 0) is 19.1 Å². The molecule has 5 N–H and O–H groups in total. The predicted molar refractivity (Wildman–Crippen MR) is 173 cm³/mol. The minimum absolute atomic E-state index is 0.0244. The Balaban J connectivity index is 0.000000274. The molecule has 0 unspecified atom stereocenters. The fourth-order valence-corrected chi connectivity index (χ4v) is 6.21. The van der Waals surface area contributed by atoms with Crippen LogP contribution in [0.25, 0.3) is 21.8 Å². The van der Waals surface area contributed by atoms with Crippen molar-refractivity contribution >= 4 is 51.3 Å². The van der Waals surface area contributed by atoms with Crippen LogP contribution in [0.3, 0.4) is 0 Å². The van der Waals surface area contributed by atoms with Gasteiger partial charge >= 0.3 is 36.4 Å². The van der Waals surface area contributed by atoms with E-state index in [0.717, 1.165) is 55.6 Å². The number of aliphatic carboxylic acids is 3. The Kier molecular flexibility index (Phi) is 13.0. The van der Waals surface area contributed by atoms with Crippen LogP contribution >= 0.6 is 0 Å². The van der Waals surface area contributed by atoms with Crippen molar-refractivity contribution in [2.45, 2.75) is 81.4 Å². The number of carbonyl (C=O) groups is 3. The molecule has 14 nitrogen and oxygen atoms in total. The van der Waals surface area contributed by atoms with Crippen molar-refractivity contribution in [2.75, 3.05) is 36.5 Å². The number of pyridine rings is 1. The quantitative estimate of drug-likeness (QED) is 0.173. The number of ether oxygens (including phenoxy) is 1. The second-order valence-electron chi connectivity index (χ2n) is 13.5. The van der Waals surface area contributed by atoms with E-state index in [2.05, 4.69) is 21.3 Å². The topological polar surface area (TPSA) is 204 Å². The van der Waals surface area contributed by atoms with E-state index < -0.39 is 42.6 Å². The number of carboxylic acid groups (broad SMARTS) is 3. The van der Waals surface area contributed by atoms with Gasteiger partial charge in [-0.05, 0) is 56.0 Å². The zero-order valence-corrected chi connectivity index (χ0v) is 28.6. The molecule has 310 valence electrons. The lowest BCUT2D eigenvalue weighted by Crippen LogP contribution is -2.66. The van der Waals surface area contributed by atoms with Crippen molar-refractivity contribution in [3.05, 3.63) is 34.7 Å². The summed E-state index contributed by atoms with van der Waals surface area (Å²) in [5, 5.41) is 37.0. The average molecular weight is 822 g/mol. The molecule has 2 aromatic heterocycles. The van der Waals surface area contributed by atoms with Crippen LogP contribution in [-0.4, -0.2) is 116 Å². The maximum Gasteiger partial charge on any atom is 0.490 e. The molecule has 56 heavy (non-hydrogen) atoms. The van der Waals surface area contributed by atoms with E-state index in [1.165, 1.54) is 0 Å². The van der Waals surface area contributed by atoms with Crippen molar-refractivity contribution < 1.29 is 83.5 Å². The highest BCUT2D eigenvalue weighted by molar-refractivity contribution is 6.05. The molecule has 3 aromatic rings. The summed E-state index contributed by atoms with van der Waals surface area (Å²) in [6.45, 7) is 3.56. The molecule has 0 bridgehead atoms. The van der Waals surface area contributed by atoms with Gasteiger partial charge in [-0.1, -0.05) is 6.07 Å². The van der Waals surface area contributed by atoms with Crippen molar-refractivity contribution in [3.63, 3.8) is 0 Å². The molecule has 0 amide bonds. The molecule has 1 aromatic carbocycles. The highest BCUT2D eigenvalue weighted by Gasteiger charge is 2.49. The molecule has 4 fully saturated rings. The lowest BCUT2D eigenvalue weighted by Gasteiger charge is -2.56. The van der Waals surface area contributed by atoms with Crippen LogP contribution in [0.2, 0.25) is 0 Å². The molecular formula is C32H33F10N5O9. The van der Waals surface area contributed by atoms with E-state index in [1.54, 1.807) is 6.20 Å². The lowest BCUT2D eigenvalue weighted by molar-refractivity contribution is -0.193. The van der Waals surface area contributed by atoms with E-state index in [9.17, 15) is 53.8 Å². The SMILES string of the molecule is O=C(O)C(F)(F)F.O=C(O)C(F)(F)F.O=C(O)C(F)(F)F.O=c1c2cc(N3CC4(COC4)C3)ccc2c2cnc(NC3CC(F)C3)nc2n1C1CCC(O)CC1. The normalized spacial score (nSPS) is 22.7. The molecule has 1 spiro atoms. The zero-order valence-electron chi connectivity index (χ0n) is 28.6. The standard InChI is InChI=1S/C26H30FN5O3.3C2HF3O2/c27-15-7-16(8-15)29-25-28-10-22-20-6-3-18(31-11-26(12-31)13-35-14-26)9-21(20)24(34)32(23(22)30-25)17-1-4-19(33)5-2-17;3*3-2(4,5)1(6)7/h3,6,9-10,15-17,19,33H,1-2,4-5,7-8,11-14H2,(H,28,29,30);3*(H,6,7). The number of aliphatic hydroxyl groups excluding tert-OH is 1. The summed E-state index contributed by atoms with van der Waals surface area (Å²) in [4.78, 5) is 52.3. The minimum atomic E-state index is -5.08. The Labute approximate surface area is 307 Å². The average Bonchev–Trinajstić information content (AvgIpc) is 3.03. The van der Waals surface area contributed by atoms with Gasteiger partial charge in [0, 0.05) is 42.4 Å². The van der Waals surface area contributed by atoms with Gasteiger partial charge in [0.05, 0.1) is 30.1 Å². The highest BCUT2D eigenvalue weighted by atomic mass is 19.4. The number of rotatable bonds is 4. The fourth-order valence-electron chi connectivity index (χ4n) is 6.21. The maximum absolute atomic E-state index is 14.0. The van der Waals surface area contributed by atoms with Crippen molar-refractivity contribution in [1.82, 2.24) is 14.5 Å². The van der Waals surface area contributed by atoms with Gasteiger partial charge in [0.1, 0.15) is 11.8 Å². The van der Waals surface area contributed by atoms with Gasteiger partial charge in [-0.2, -0.15) is 44.5 Å². The highest BCUT2D eigenvalue weighted by Crippen LogP contribution is 2.41. The number of fused-ring (bicyclic) bond motifs is 3. The third-order valence-corrected chi connectivity index (χ3v) is 9.15. The second kappa shape index (κ2) is 16.6. The molecule has 24 heteroatoms. The zero-order chi connectivity index (χ0) is 42.0. The summed E-state index contributed by atoms with van der Waals surface area (Å²) in [5.41, 5.74) is 1.92. The number of halogens is 10. The van der Waals surface area contributed by atoms with Gasteiger partial charge in [-0.3, -0.25) is 9.36 Å². The number of hydrogen-bond acceptors (Lipinski definition) is 10. The van der Waals surface area contributed by atoms with Crippen LogP contribution in [0.4, 0.5) is 55.5 Å². The Morgan fingerprint density at radius 3 is 1.73 bits per heavy atom. The summed E-state index contributed by atoms with van der Waals surface area (Å²) in [7, 11) is 0. The first kappa shape index (κ1) is 43.7. The number of benzene rings is 1. The van der Waals surface area contributed by atoms with Gasteiger partial charge in [0.2, 0.25) is 5.95 Å². The van der Waals surface area contributed by atoms with Crippen LogP contribution in [0, 0.1) is 5.41 Å². The third-order valence-electron chi connectivity index (χ3n) is 9.15. The Morgan fingerprint density at radius 1 is 0.804 bits per heavy atom. The lowest BCUT2D eigenvalue weighted by atomic mass is 9.77. The number of anilines is 2. The van der Waals surface area contributed by atoms with E-state index in [4.69, 9.17) is 39.4 Å². The number of hydrogen-bond donors (Lipinski definition) is 5. The van der Waals surface area contributed by atoms with Gasteiger partial charge < -0.3 is 35.4 Å². The largest absolute Gasteiger partial charge is 0.490 e. The Hall–Kier alpha value is -5.00. The summed E-state index contributed by atoms with van der Waals surface area (Å²) < 4.78 is 116. The first-order chi connectivity index (χ1) is 25.8. The second-order valence-corrected chi connectivity index (χ2v) is 13.5. The summed E-state index contributed by atoms with van der Waals surface area (Å²) in [6.07, 6.45) is -10.8. The Bertz CT molecular complexity index is 1910. The molecule has 2 aliphatic heterocycles. The Morgan fingerprint density at radius 2 is 1.30 bits per heavy atom. The van der Waals surface area contributed by atoms with Gasteiger partial charge in [0.25, 0.3) is 5.56 Å². The number of aromatic nitrogens is 3. The van der Waals surface area contributed by atoms with Crippen LogP contribution in [0.5, 0.6) is 0 Å². The fraction of sp³-hybridized carbons (Fsp3) is 0.562. The number of aliphatic hydroxyl groups is 1. The van der Waals surface area contributed by atoms with E-state index >= 15 is 0 Å². The van der Waals surface area contributed by atoms with E-state index in [-0.39, 0.29) is 23.7 Å². The monoisotopic (exact) mass is 821 g/mol. The molecule has 4 aliphatic rings. The molecule has 2 aliphatic carbocycles. The number of carboxylic acids is 3. The van der Waals surface area contributed by atoms with Crippen LogP contribution in [0.1, 0.15) is 44.6 Å². The minimum Gasteiger partial charge on any atom is -0.475 e. The molecule has 7 rings (SSSR count). The molecular weight excluding hydrogens is 788 g/mol. The maximum atomic E-state index is 14.0. The first-order valence-electron chi connectivity index (χ1n) is 16.5. The smallest absolute Gasteiger partial charge is 0.475 e. The molecule has 0 radical (unpaired) electrons. The molecule has 2 saturated heterocycles. The molecule has 2 saturated carbocycles. The summed E-state index contributed by atoms with van der Waals surface area (Å²) in [6, 6.07) is 6.11. The van der Waals surface area contributed by atoms with Crippen molar-refractivity contribution in [3.8, 4) is 0 Å². The third kappa shape index (κ3) is 10.6.